The van der Waals surface area contributed by atoms with Crippen molar-refractivity contribution in [3.05, 3.63) is 149 Å². The zero-order valence-electron chi connectivity index (χ0n) is 67.4. The lowest BCUT2D eigenvalue weighted by molar-refractivity contribution is -0.148. The van der Waals surface area contributed by atoms with E-state index in [1.807, 2.05) is 135 Å². The summed E-state index contributed by atoms with van der Waals surface area (Å²) in [6.45, 7) is 35.4. The molecule has 0 radical (unpaired) electrons. The molecule has 1 heterocycles. The van der Waals surface area contributed by atoms with Gasteiger partial charge >= 0.3 is 53.3 Å². The maximum atomic E-state index is 11.7. The first-order valence-corrected chi connectivity index (χ1v) is 49.7. The second-order valence-corrected chi connectivity index (χ2v) is 43.9. The van der Waals surface area contributed by atoms with Crippen molar-refractivity contribution in [3.8, 4) is 28.7 Å². The number of rotatable bonds is 41. The van der Waals surface area contributed by atoms with Crippen LogP contribution in [-0.2, 0) is 121 Å². The Labute approximate surface area is 670 Å². The lowest BCUT2D eigenvalue weighted by atomic mass is 10.2. The van der Waals surface area contributed by atoms with Gasteiger partial charge in [-0.15, -0.1) is 33.2 Å². The predicted molar refractivity (Wildman–Crippen MR) is 429 cm³/mol. The molecule has 1 aliphatic heterocycles. The van der Waals surface area contributed by atoms with Crippen molar-refractivity contribution in [3.63, 3.8) is 0 Å². The fourth-order valence-electron chi connectivity index (χ4n) is 10.2. The molecule has 26 nitrogen and oxygen atoms in total. The van der Waals surface area contributed by atoms with Crippen LogP contribution >= 0.6 is 33.2 Å². The molecule has 0 aliphatic carbocycles. The van der Waals surface area contributed by atoms with E-state index in [0.717, 1.165) is 80.4 Å². The standard InChI is InChI=1S/C18H30O6Si.C16H22O8Si.C15H26O5Si.C15H24O5Si.C12H15Cl3O2Si/c1-7-20-25(21-8-2,22-9-3)14-15-10-12-16(13-11-15)23-17(19)24-18(4,5)6;1-11(17)22-25(23-12(2)18,24-13(3)19)10-15-6-8-16(9-7-15)21-14(4)20-5;1-5-18-21(19-6-2,20-7-3)12-14-8-10-15(11-9-14)17-13-16-4;1-5-17-21(18-6-2,19-7-3)12-14-8-10-15(11-9-14)20-13(4)16;13-18(14,15)9-10-4-6-11(7-5-10)17-12-3-1-2-8-16-12/h10-13H,7-9,14H2,1-6H3;6-9,14H,10H2,1-5H3;8-11H,5-7,12-13H2,1-4H3;8-11H,5-7,12H2,1-4H3;4-7,12H,1-3,8-9H2. The van der Waals surface area contributed by atoms with Crippen LogP contribution in [0, 0.1) is 0 Å². The summed E-state index contributed by atoms with van der Waals surface area (Å²) in [4.78, 5) is 56.9. The fraction of sp³-hybridized carbons (Fsp3) is 0.539. The topological polar surface area (TPSA) is 279 Å². The highest BCUT2D eigenvalue weighted by atomic mass is 35.8. The molecule has 34 heteroatoms. The minimum atomic E-state index is -3.90. The molecule has 1 aliphatic rings. The SMILES string of the molecule is CCO[Si](Cc1ccc(OC(=O)OC(C)(C)C)cc1)(OCC)OCC.CCO[Si](Cc1ccc(OC(C)=O)cc1)(OCC)OCC.CCO[Si](Cc1ccc(OCOC)cc1)(OCC)OCC.COC(C)Oc1ccc(C[Si](OC(C)=O)(OC(C)=O)OC(C)=O)cc1.Cl[Si](Cl)(Cl)Cc1ccc(OC2CCCCO2)cc1. The van der Waals surface area contributed by atoms with Crippen molar-refractivity contribution < 1.29 is 120 Å². The second-order valence-electron chi connectivity index (χ2n) is 24.7. The summed E-state index contributed by atoms with van der Waals surface area (Å²) in [6, 6.07) is 36.5. The maximum absolute atomic E-state index is 11.7. The van der Waals surface area contributed by atoms with Gasteiger partial charge in [-0.25, -0.2) is 4.79 Å². The molecule has 618 valence electrons. The number of benzene rings is 5. The van der Waals surface area contributed by atoms with Crippen LogP contribution in [0.2, 0.25) is 0 Å². The molecule has 1 saturated heterocycles. The Hall–Kier alpha value is -5.88. The summed E-state index contributed by atoms with van der Waals surface area (Å²) >= 11 is 17.6. The van der Waals surface area contributed by atoms with Gasteiger partial charge in [0.25, 0.3) is 17.9 Å². The maximum Gasteiger partial charge on any atom is 0.709 e. The van der Waals surface area contributed by atoms with E-state index in [9.17, 15) is 24.0 Å². The Morgan fingerprint density at radius 1 is 0.427 bits per heavy atom. The number of halogens is 3. The van der Waals surface area contributed by atoms with Crippen molar-refractivity contribution in [2.24, 2.45) is 0 Å². The molecule has 1 fully saturated rings. The average molecular weight is 1690 g/mol. The van der Waals surface area contributed by atoms with Gasteiger partial charge in [-0.05, 0) is 191 Å². The van der Waals surface area contributed by atoms with E-state index in [0.29, 0.717) is 106 Å². The van der Waals surface area contributed by atoms with Gasteiger partial charge < -0.3 is 95.7 Å². The van der Waals surface area contributed by atoms with Crippen LogP contribution in [-0.4, -0.2) is 177 Å². The van der Waals surface area contributed by atoms with Crippen molar-refractivity contribution in [2.45, 2.75) is 185 Å². The molecule has 0 N–H and O–H groups in total. The number of ether oxygens (including phenoxy) is 9. The summed E-state index contributed by atoms with van der Waals surface area (Å²) in [5.74, 6) is 0.655. The Morgan fingerprint density at radius 3 is 1.04 bits per heavy atom. The number of hydrogen-bond donors (Lipinski definition) is 0. The Morgan fingerprint density at radius 2 is 0.745 bits per heavy atom. The highest BCUT2D eigenvalue weighted by Crippen LogP contribution is 2.29. The van der Waals surface area contributed by atoms with Crippen LogP contribution in [0.5, 0.6) is 28.7 Å². The molecular formula is C76H117Cl3O26Si5. The first kappa shape index (κ1) is 100. The summed E-state index contributed by atoms with van der Waals surface area (Å²) in [6.07, 6.45) is 1.97. The van der Waals surface area contributed by atoms with Gasteiger partial charge in [-0.2, -0.15) is 0 Å². The number of methoxy groups -OCH3 is 2. The highest BCUT2D eigenvalue weighted by molar-refractivity contribution is 7.64. The molecule has 0 spiro atoms. The van der Waals surface area contributed by atoms with E-state index in [4.69, 9.17) is 129 Å². The summed E-state index contributed by atoms with van der Waals surface area (Å²) in [5, 5.41) is 0. The van der Waals surface area contributed by atoms with Crippen LogP contribution in [0.1, 0.15) is 165 Å². The van der Waals surface area contributed by atoms with E-state index >= 15 is 0 Å². The third-order valence-corrected chi connectivity index (χ3v) is 27.8. The zero-order valence-corrected chi connectivity index (χ0v) is 74.7. The van der Waals surface area contributed by atoms with Gasteiger partial charge in [0.2, 0.25) is 0 Å². The second kappa shape index (κ2) is 54.0. The molecule has 5 aromatic rings. The van der Waals surface area contributed by atoms with E-state index in [1.165, 1.54) is 14.0 Å². The van der Waals surface area contributed by atoms with Crippen LogP contribution in [0.3, 0.4) is 0 Å². The lowest BCUT2D eigenvalue weighted by Crippen LogP contribution is -2.51. The van der Waals surface area contributed by atoms with Crippen molar-refractivity contribution in [2.75, 3.05) is 87.1 Å². The summed E-state index contributed by atoms with van der Waals surface area (Å²) < 4.78 is 115. The van der Waals surface area contributed by atoms with E-state index in [2.05, 4.69) is 0 Å². The summed E-state index contributed by atoms with van der Waals surface area (Å²) in [5.41, 5.74) is 4.23. The Balaban J connectivity index is 0.000000469. The minimum Gasteiger partial charge on any atom is -0.468 e. The van der Waals surface area contributed by atoms with Gasteiger partial charge in [0.1, 0.15) is 34.3 Å². The first-order valence-electron chi connectivity index (χ1n) is 36.7. The van der Waals surface area contributed by atoms with E-state index < -0.39 is 77.2 Å². The van der Waals surface area contributed by atoms with Crippen LogP contribution < -0.4 is 23.7 Å². The molecule has 6 rings (SSSR count). The quantitative estimate of drug-likeness (QED) is 0.00877. The van der Waals surface area contributed by atoms with Crippen molar-refractivity contribution in [1.29, 1.82) is 0 Å². The lowest BCUT2D eigenvalue weighted by Gasteiger charge is -2.28. The fourth-order valence-corrected chi connectivity index (χ4v) is 22.5. The highest BCUT2D eigenvalue weighted by Gasteiger charge is 2.52. The number of esters is 1. The smallest absolute Gasteiger partial charge is 0.468 e. The zero-order chi connectivity index (χ0) is 82.2. The van der Waals surface area contributed by atoms with Crippen molar-refractivity contribution >= 4 is 104 Å². The van der Waals surface area contributed by atoms with Gasteiger partial charge in [0.15, 0.2) is 19.4 Å². The van der Waals surface area contributed by atoms with Crippen LogP contribution in [0.25, 0.3) is 0 Å². The van der Waals surface area contributed by atoms with Gasteiger partial charge in [0.05, 0.1) is 12.7 Å². The monoisotopic (exact) mass is 1690 g/mol. The summed E-state index contributed by atoms with van der Waals surface area (Å²) in [7, 11) is -8.86. The molecule has 0 aromatic heterocycles. The molecule has 2 atom stereocenters. The Kier molecular flexibility index (Phi) is 49.2. The molecule has 0 saturated carbocycles. The van der Waals surface area contributed by atoms with Crippen molar-refractivity contribution in [1.82, 2.24) is 0 Å². The predicted octanol–water partition coefficient (Wildman–Crippen LogP) is 15.8. The third-order valence-electron chi connectivity index (χ3n) is 14.1. The molecular weight excluding hydrogens is 1580 g/mol. The Bertz CT molecular complexity index is 3260. The average Bonchev–Trinajstić information content (AvgIpc) is 0.835. The molecule has 5 aromatic carbocycles. The van der Waals surface area contributed by atoms with Gasteiger partial charge in [0, 0.05) is 132 Å². The normalized spacial score (nSPS) is 13.3. The molecule has 2 unspecified atom stereocenters. The van der Waals surface area contributed by atoms with Crippen LogP contribution in [0.4, 0.5) is 4.79 Å². The van der Waals surface area contributed by atoms with Crippen LogP contribution in [0.15, 0.2) is 121 Å². The van der Waals surface area contributed by atoms with Gasteiger partial charge in [-0.1, -0.05) is 60.7 Å². The molecule has 0 bridgehead atoms. The first-order chi connectivity index (χ1) is 52.2. The number of carbonyl (C=O) groups excluding carboxylic acids is 5. The minimum absolute atomic E-state index is 0.0359. The largest absolute Gasteiger partial charge is 0.709 e. The van der Waals surface area contributed by atoms with E-state index in [1.54, 1.807) is 83.3 Å². The van der Waals surface area contributed by atoms with Gasteiger partial charge in [-0.3, -0.25) is 19.2 Å². The third kappa shape index (κ3) is 43.4. The number of hydrogen-bond acceptors (Lipinski definition) is 26. The van der Waals surface area contributed by atoms with E-state index in [-0.39, 0.29) is 25.1 Å². The molecule has 110 heavy (non-hydrogen) atoms. The molecule has 0 amide bonds. The number of carbonyl (C=O) groups is 5.